The van der Waals surface area contributed by atoms with Crippen LogP contribution in [0, 0.1) is 11.3 Å². The number of carbonyl (C=O) groups excluding carboxylic acids is 1. The smallest absolute Gasteiger partial charge is 0.373 e. The summed E-state index contributed by atoms with van der Waals surface area (Å²) >= 11 is 0. The maximum atomic E-state index is 13.0. The van der Waals surface area contributed by atoms with Crippen LogP contribution in [-0.2, 0) is 29.0 Å². The second-order valence-corrected chi connectivity index (χ2v) is 10.8. The van der Waals surface area contributed by atoms with Gasteiger partial charge in [0, 0.05) is 19.5 Å². The molecule has 2 atom stereocenters. The molecule has 0 saturated carbocycles. The minimum Gasteiger partial charge on any atom is -0.497 e. The van der Waals surface area contributed by atoms with Gasteiger partial charge in [0.05, 0.1) is 25.2 Å². The van der Waals surface area contributed by atoms with Crippen LogP contribution in [0.3, 0.4) is 0 Å². The highest BCUT2D eigenvalue weighted by molar-refractivity contribution is 7.89. The summed E-state index contributed by atoms with van der Waals surface area (Å²) < 4.78 is 48.9. The lowest BCUT2D eigenvalue weighted by Gasteiger charge is -2.35. The van der Waals surface area contributed by atoms with Gasteiger partial charge in [0.2, 0.25) is 22.1 Å². The molecule has 0 amide bonds. The third kappa shape index (κ3) is 7.56. The molecular formula is C24H35NO8S. The minimum atomic E-state index is -3.86. The first-order chi connectivity index (χ1) is 16.0. The summed E-state index contributed by atoms with van der Waals surface area (Å²) in [5.74, 6) is -0.0223. The molecule has 0 aromatic heterocycles. The van der Waals surface area contributed by atoms with Gasteiger partial charge < -0.3 is 24.1 Å². The van der Waals surface area contributed by atoms with E-state index in [1.165, 1.54) is 25.3 Å². The van der Waals surface area contributed by atoms with E-state index < -0.39 is 22.3 Å². The molecule has 1 aromatic carbocycles. The Labute approximate surface area is 202 Å². The normalized spacial score (nSPS) is 18.7. The first-order valence-electron chi connectivity index (χ1n) is 11.1. The molecule has 34 heavy (non-hydrogen) atoms. The third-order valence-corrected chi connectivity index (χ3v) is 7.31. The molecule has 0 fully saturated rings. The zero-order chi connectivity index (χ0) is 25.4. The van der Waals surface area contributed by atoms with Gasteiger partial charge in [-0.2, -0.15) is 4.31 Å². The van der Waals surface area contributed by atoms with E-state index in [2.05, 4.69) is 6.58 Å². The number of benzene rings is 1. The molecule has 190 valence electrons. The molecule has 0 saturated heterocycles. The van der Waals surface area contributed by atoms with Crippen molar-refractivity contribution in [2.45, 2.75) is 38.4 Å². The van der Waals surface area contributed by atoms with Gasteiger partial charge in [-0.25, -0.2) is 13.2 Å². The van der Waals surface area contributed by atoms with Crippen molar-refractivity contribution in [2.75, 3.05) is 40.0 Å². The molecule has 2 rings (SSSR count). The maximum absolute atomic E-state index is 13.0. The van der Waals surface area contributed by atoms with Crippen molar-refractivity contribution < 1.29 is 37.3 Å². The zero-order valence-corrected chi connectivity index (χ0v) is 21.0. The number of carbonyl (C=O) groups is 1. The van der Waals surface area contributed by atoms with Crippen LogP contribution in [0.15, 0.2) is 53.7 Å². The number of allylic oxidation sites excluding steroid dienone is 1. The summed E-state index contributed by atoms with van der Waals surface area (Å²) in [4.78, 5) is 12.4. The van der Waals surface area contributed by atoms with Gasteiger partial charge in [0.1, 0.15) is 12.4 Å². The van der Waals surface area contributed by atoms with E-state index >= 15 is 0 Å². The highest BCUT2D eigenvalue weighted by Crippen LogP contribution is 2.36. The first kappa shape index (κ1) is 27.8. The Morgan fingerprint density at radius 2 is 1.94 bits per heavy atom. The van der Waals surface area contributed by atoms with E-state index in [0.717, 1.165) is 4.31 Å². The largest absolute Gasteiger partial charge is 0.497 e. The van der Waals surface area contributed by atoms with Gasteiger partial charge >= 0.3 is 5.97 Å². The summed E-state index contributed by atoms with van der Waals surface area (Å²) in [6, 6.07) is 6.01. The highest BCUT2D eigenvalue weighted by atomic mass is 32.2. The van der Waals surface area contributed by atoms with Gasteiger partial charge in [-0.05, 0) is 41.7 Å². The first-order valence-corrected chi connectivity index (χ1v) is 12.5. The molecule has 0 bridgehead atoms. The Kier molecular flexibility index (Phi) is 10.1. The van der Waals surface area contributed by atoms with Crippen LogP contribution in [0.5, 0.6) is 5.75 Å². The lowest BCUT2D eigenvalue weighted by Crippen LogP contribution is -2.38. The van der Waals surface area contributed by atoms with Crippen LogP contribution in [0.1, 0.15) is 27.2 Å². The molecule has 1 aliphatic rings. The lowest BCUT2D eigenvalue weighted by molar-refractivity contribution is -0.165. The van der Waals surface area contributed by atoms with Crippen LogP contribution in [-0.4, -0.2) is 70.1 Å². The molecule has 1 heterocycles. The van der Waals surface area contributed by atoms with Crippen LogP contribution >= 0.6 is 0 Å². The average Bonchev–Trinajstić information content (AvgIpc) is 2.81. The Hall–Kier alpha value is -2.40. The van der Waals surface area contributed by atoms with Gasteiger partial charge in [-0.15, -0.1) is 0 Å². The van der Waals surface area contributed by atoms with Crippen molar-refractivity contribution in [3.05, 3.63) is 48.8 Å². The number of hydrogen-bond donors (Lipinski definition) is 1. The zero-order valence-electron chi connectivity index (χ0n) is 20.2. The predicted molar refractivity (Wildman–Crippen MR) is 126 cm³/mol. The molecular weight excluding hydrogens is 462 g/mol. The Morgan fingerprint density at radius 3 is 2.50 bits per heavy atom. The van der Waals surface area contributed by atoms with E-state index in [-0.39, 0.29) is 54.9 Å². The number of methoxy groups -OCH3 is 1. The molecule has 0 spiro atoms. The molecule has 1 aromatic rings. The number of hydrogen-bond acceptors (Lipinski definition) is 8. The van der Waals surface area contributed by atoms with E-state index in [0.29, 0.717) is 12.2 Å². The van der Waals surface area contributed by atoms with Crippen molar-refractivity contribution >= 4 is 16.0 Å². The SMILES string of the molecule is C=CCOC(=O)C1=C[C@@H](C(C)(C)C)C[C@@H](OCCN(CCO)S(=O)(=O)c2ccc(OC)cc2)O1. The van der Waals surface area contributed by atoms with Gasteiger partial charge in [0.25, 0.3) is 0 Å². The minimum absolute atomic E-state index is 0.00503. The number of sulfonamides is 1. The fraction of sp³-hybridized carbons (Fsp3) is 0.542. The summed E-state index contributed by atoms with van der Waals surface area (Å²) in [5.41, 5.74) is -0.157. The van der Waals surface area contributed by atoms with Crippen LogP contribution in [0.4, 0.5) is 0 Å². The predicted octanol–water partition coefficient (Wildman–Crippen LogP) is 2.72. The summed E-state index contributed by atoms with van der Waals surface area (Å²) in [5, 5.41) is 9.41. The fourth-order valence-corrected chi connectivity index (χ4v) is 4.78. The van der Waals surface area contributed by atoms with Crippen molar-refractivity contribution in [1.29, 1.82) is 0 Å². The van der Waals surface area contributed by atoms with Gasteiger partial charge in [-0.3, -0.25) is 0 Å². The van der Waals surface area contributed by atoms with Crippen LogP contribution in [0.25, 0.3) is 0 Å². The number of ether oxygens (including phenoxy) is 4. The molecule has 1 N–H and O–H groups in total. The highest BCUT2D eigenvalue weighted by Gasteiger charge is 2.35. The van der Waals surface area contributed by atoms with E-state index in [4.69, 9.17) is 18.9 Å². The average molecular weight is 498 g/mol. The quantitative estimate of drug-likeness (QED) is 0.347. The Bertz CT molecular complexity index is 950. The molecule has 1 aliphatic heterocycles. The molecule has 0 aliphatic carbocycles. The molecule has 9 nitrogen and oxygen atoms in total. The number of nitrogens with zero attached hydrogens (tertiary/aromatic N) is 1. The van der Waals surface area contributed by atoms with Crippen molar-refractivity contribution in [3.8, 4) is 5.75 Å². The molecule has 0 unspecified atom stereocenters. The van der Waals surface area contributed by atoms with Crippen molar-refractivity contribution in [2.24, 2.45) is 11.3 Å². The molecule has 0 radical (unpaired) electrons. The molecule has 10 heteroatoms. The van der Waals surface area contributed by atoms with Gasteiger partial charge in [-0.1, -0.05) is 33.4 Å². The summed E-state index contributed by atoms with van der Waals surface area (Å²) in [6.45, 7) is 9.30. The van der Waals surface area contributed by atoms with Gasteiger partial charge in [0.15, 0.2) is 0 Å². The number of esters is 1. The number of rotatable bonds is 12. The maximum Gasteiger partial charge on any atom is 0.373 e. The number of aliphatic hydroxyl groups is 1. The van der Waals surface area contributed by atoms with Crippen LogP contribution in [0.2, 0.25) is 0 Å². The Balaban J connectivity index is 2.08. The van der Waals surface area contributed by atoms with E-state index in [9.17, 15) is 18.3 Å². The van der Waals surface area contributed by atoms with E-state index in [1.807, 2.05) is 20.8 Å². The van der Waals surface area contributed by atoms with Crippen molar-refractivity contribution in [3.63, 3.8) is 0 Å². The van der Waals surface area contributed by atoms with Crippen LogP contribution < -0.4 is 4.74 Å². The summed E-state index contributed by atoms with van der Waals surface area (Å²) in [7, 11) is -2.36. The van der Waals surface area contributed by atoms with E-state index in [1.54, 1.807) is 18.2 Å². The Morgan fingerprint density at radius 1 is 1.26 bits per heavy atom. The second-order valence-electron chi connectivity index (χ2n) is 8.85. The summed E-state index contributed by atoms with van der Waals surface area (Å²) in [6.07, 6.45) is 2.96. The fourth-order valence-electron chi connectivity index (χ4n) is 3.36. The van der Waals surface area contributed by atoms with Crippen molar-refractivity contribution in [1.82, 2.24) is 4.31 Å². The third-order valence-electron chi connectivity index (χ3n) is 5.39. The monoisotopic (exact) mass is 497 g/mol. The standard InChI is InChI=1S/C24H35NO8S/c1-6-14-32-23(27)21-16-18(24(2,3)4)17-22(33-21)31-15-12-25(11-13-26)34(28,29)20-9-7-19(30-5)8-10-20/h6-10,16,18,22,26H,1,11-15,17H2,2-5H3/t18-,22+/m1/s1. The second kappa shape index (κ2) is 12.3. The number of aliphatic hydroxyl groups excluding tert-OH is 1. The lowest BCUT2D eigenvalue weighted by atomic mass is 9.77. The topological polar surface area (TPSA) is 112 Å².